The zero-order valence-corrected chi connectivity index (χ0v) is 17.7. The molecule has 0 unspecified atom stereocenters. The lowest BCUT2D eigenvalue weighted by Crippen LogP contribution is -2.43. The maximum Gasteiger partial charge on any atom is 0.251 e. The molecule has 32 heavy (non-hydrogen) atoms. The molecule has 0 aliphatic carbocycles. The van der Waals surface area contributed by atoms with Gasteiger partial charge in [0.15, 0.2) is 5.76 Å². The minimum atomic E-state index is -0.117. The second-order valence-electron chi connectivity index (χ2n) is 7.96. The third kappa shape index (κ3) is 4.42. The Balaban J connectivity index is 1.41. The van der Waals surface area contributed by atoms with Crippen molar-refractivity contribution in [3.05, 3.63) is 90.0 Å². The SMILES string of the molecule is O=C(N[C@H](CN1CCOCC1)c1ccccc1)c1ccc2noc(-c3ccccc3)c2c1. The van der Waals surface area contributed by atoms with Gasteiger partial charge in [-0.1, -0.05) is 65.8 Å². The van der Waals surface area contributed by atoms with Gasteiger partial charge < -0.3 is 14.6 Å². The summed E-state index contributed by atoms with van der Waals surface area (Å²) in [6.07, 6.45) is 0. The third-order valence-electron chi connectivity index (χ3n) is 5.83. The van der Waals surface area contributed by atoms with Crippen LogP contribution in [0.25, 0.3) is 22.2 Å². The predicted octanol–water partition coefficient (Wildman–Crippen LogP) is 4.30. The van der Waals surface area contributed by atoms with Crippen LogP contribution in [0.2, 0.25) is 0 Å². The van der Waals surface area contributed by atoms with Crippen molar-refractivity contribution in [2.75, 3.05) is 32.8 Å². The van der Waals surface area contributed by atoms with Crippen molar-refractivity contribution in [3.63, 3.8) is 0 Å². The summed E-state index contributed by atoms with van der Waals surface area (Å²) in [6, 6.07) is 25.3. The van der Waals surface area contributed by atoms with E-state index in [1.165, 1.54) is 0 Å². The highest BCUT2D eigenvalue weighted by Crippen LogP contribution is 2.29. The van der Waals surface area contributed by atoms with Crippen LogP contribution < -0.4 is 5.32 Å². The summed E-state index contributed by atoms with van der Waals surface area (Å²) in [7, 11) is 0. The summed E-state index contributed by atoms with van der Waals surface area (Å²) in [6.45, 7) is 3.92. The molecule has 0 bridgehead atoms. The second-order valence-corrected chi connectivity index (χ2v) is 7.96. The molecule has 1 aliphatic rings. The average Bonchev–Trinajstić information content (AvgIpc) is 3.29. The first-order valence-electron chi connectivity index (χ1n) is 10.9. The lowest BCUT2D eigenvalue weighted by molar-refractivity contribution is 0.0332. The summed E-state index contributed by atoms with van der Waals surface area (Å²) in [4.78, 5) is 15.6. The predicted molar refractivity (Wildman–Crippen MR) is 123 cm³/mol. The molecule has 0 saturated carbocycles. The van der Waals surface area contributed by atoms with Gasteiger partial charge in [0.25, 0.3) is 5.91 Å². The van der Waals surface area contributed by atoms with Gasteiger partial charge >= 0.3 is 0 Å². The molecule has 162 valence electrons. The number of benzene rings is 3. The molecule has 5 rings (SSSR count). The van der Waals surface area contributed by atoms with E-state index in [0.717, 1.165) is 54.9 Å². The Hall–Kier alpha value is -3.48. The maximum absolute atomic E-state index is 13.3. The first-order chi connectivity index (χ1) is 15.8. The fourth-order valence-corrected chi connectivity index (χ4v) is 4.08. The lowest BCUT2D eigenvalue weighted by Gasteiger charge is -2.31. The van der Waals surface area contributed by atoms with E-state index in [0.29, 0.717) is 11.3 Å². The monoisotopic (exact) mass is 427 g/mol. The van der Waals surface area contributed by atoms with Crippen LogP contribution in [0.1, 0.15) is 22.0 Å². The maximum atomic E-state index is 13.3. The molecular weight excluding hydrogens is 402 g/mol. The first kappa shape index (κ1) is 20.4. The molecule has 1 atom stereocenters. The Morgan fingerprint density at radius 3 is 2.44 bits per heavy atom. The van der Waals surface area contributed by atoms with Crippen molar-refractivity contribution in [1.82, 2.24) is 15.4 Å². The van der Waals surface area contributed by atoms with Crippen LogP contribution in [-0.4, -0.2) is 48.8 Å². The van der Waals surface area contributed by atoms with Crippen LogP contribution in [0.5, 0.6) is 0 Å². The van der Waals surface area contributed by atoms with Crippen molar-refractivity contribution < 1.29 is 14.1 Å². The highest BCUT2D eigenvalue weighted by molar-refractivity contribution is 6.01. The molecule has 1 fully saturated rings. The van der Waals surface area contributed by atoms with Gasteiger partial charge in [-0.25, -0.2) is 0 Å². The van der Waals surface area contributed by atoms with Gasteiger partial charge in [-0.3, -0.25) is 9.69 Å². The number of hydrogen-bond acceptors (Lipinski definition) is 5. The fourth-order valence-electron chi connectivity index (χ4n) is 4.08. The molecule has 1 amide bonds. The Kier molecular flexibility index (Phi) is 5.96. The van der Waals surface area contributed by atoms with Crippen LogP contribution in [-0.2, 0) is 4.74 Å². The number of amides is 1. The highest BCUT2D eigenvalue weighted by Gasteiger charge is 2.21. The molecule has 2 heterocycles. The molecule has 1 saturated heterocycles. The second kappa shape index (κ2) is 9.34. The largest absolute Gasteiger partial charge is 0.379 e. The summed E-state index contributed by atoms with van der Waals surface area (Å²) in [5.74, 6) is 0.553. The third-order valence-corrected chi connectivity index (χ3v) is 5.83. The number of ether oxygens (including phenoxy) is 1. The minimum Gasteiger partial charge on any atom is -0.379 e. The Labute approximate surface area is 186 Å². The topological polar surface area (TPSA) is 67.6 Å². The van der Waals surface area contributed by atoms with Crippen molar-refractivity contribution in [2.45, 2.75) is 6.04 Å². The number of fused-ring (bicyclic) bond motifs is 1. The Morgan fingerprint density at radius 2 is 1.69 bits per heavy atom. The zero-order chi connectivity index (χ0) is 21.8. The van der Waals surface area contributed by atoms with Gasteiger partial charge in [0.05, 0.1) is 24.6 Å². The van der Waals surface area contributed by atoms with Crippen molar-refractivity contribution in [3.8, 4) is 11.3 Å². The number of rotatable bonds is 6. The van der Waals surface area contributed by atoms with Crippen LogP contribution in [0.3, 0.4) is 0 Å². The van der Waals surface area contributed by atoms with Crippen LogP contribution in [0, 0.1) is 0 Å². The molecular formula is C26H25N3O3. The number of carbonyl (C=O) groups is 1. The van der Waals surface area contributed by atoms with E-state index in [9.17, 15) is 4.79 Å². The standard InChI is InChI=1S/C26H25N3O3/c30-26(27-24(19-7-3-1-4-8-19)18-29-13-15-31-16-14-29)21-11-12-23-22(17-21)25(32-28-23)20-9-5-2-6-10-20/h1-12,17,24H,13-16,18H2,(H,27,30)/t24-/m1/s1. The van der Waals surface area contributed by atoms with E-state index in [2.05, 4.69) is 27.5 Å². The molecule has 0 radical (unpaired) electrons. The van der Waals surface area contributed by atoms with E-state index in [4.69, 9.17) is 9.26 Å². The van der Waals surface area contributed by atoms with Gasteiger partial charge in [-0.2, -0.15) is 0 Å². The van der Waals surface area contributed by atoms with E-state index in [1.54, 1.807) is 6.07 Å². The zero-order valence-electron chi connectivity index (χ0n) is 17.7. The molecule has 1 aliphatic heterocycles. The highest BCUT2D eigenvalue weighted by atomic mass is 16.5. The average molecular weight is 428 g/mol. The number of nitrogens with one attached hydrogen (secondary N) is 1. The van der Waals surface area contributed by atoms with E-state index < -0.39 is 0 Å². The van der Waals surface area contributed by atoms with E-state index >= 15 is 0 Å². The number of aromatic nitrogens is 1. The van der Waals surface area contributed by atoms with E-state index in [-0.39, 0.29) is 11.9 Å². The van der Waals surface area contributed by atoms with E-state index in [1.807, 2.05) is 60.7 Å². The summed E-state index contributed by atoms with van der Waals surface area (Å²) < 4.78 is 11.1. The smallest absolute Gasteiger partial charge is 0.251 e. The molecule has 0 spiro atoms. The van der Waals surface area contributed by atoms with Crippen molar-refractivity contribution >= 4 is 16.8 Å². The van der Waals surface area contributed by atoms with Gasteiger partial charge in [0, 0.05) is 30.8 Å². The normalized spacial score (nSPS) is 15.5. The molecule has 6 heteroatoms. The number of morpholine rings is 1. The first-order valence-corrected chi connectivity index (χ1v) is 10.9. The van der Waals surface area contributed by atoms with Gasteiger partial charge in [0.2, 0.25) is 0 Å². The number of nitrogens with zero attached hydrogens (tertiary/aromatic N) is 2. The van der Waals surface area contributed by atoms with Crippen molar-refractivity contribution in [1.29, 1.82) is 0 Å². The quantitative estimate of drug-likeness (QED) is 0.497. The van der Waals surface area contributed by atoms with Gasteiger partial charge in [-0.05, 0) is 23.8 Å². The molecule has 1 N–H and O–H groups in total. The summed E-state index contributed by atoms with van der Waals surface area (Å²) >= 11 is 0. The number of carbonyl (C=O) groups excluding carboxylic acids is 1. The van der Waals surface area contributed by atoms with Crippen LogP contribution >= 0.6 is 0 Å². The van der Waals surface area contributed by atoms with Gasteiger partial charge in [0.1, 0.15) is 5.52 Å². The Morgan fingerprint density at radius 1 is 0.969 bits per heavy atom. The van der Waals surface area contributed by atoms with Crippen LogP contribution in [0.4, 0.5) is 0 Å². The Bertz CT molecular complexity index is 1180. The fraction of sp³-hybridized carbons (Fsp3) is 0.231. The van der Waals surface area contributed by atoms with Crippen molar-refractivity contribution in [2.24, 2.45) is 0 Å². The summed E-state index contributed by atoms with van der Waals surface area (Å²) in [5.41, 5.74) is 3.33. The molecule has 1 aromatic heterocycles. The van der Waals surface area contributed by atoms with Crippen LogP contribution in [0.15, 0.2) is 83.4 Å². The summed E-state index contributed by atoms with van der Waals surface area (Å²) in [5, 5.41) is 8.22. The lowest BCUT2D eigenvalue weighted by atomic mass is 10.0. The molecule has 6 nitrogen and oxygen atoms in total. The van der Waals surface area contributed by atoms with Gasteiger partial charge in [-0.15, -0.1) is 0 Å². The molecule has 3 aromatic carbocycles. The number of hydrogen-bond donors (Lipinski definition) is 1. The minimum absolute atomic E-state index is 0.116. The molecule has 4 aromatic rings.